The molecule has 7 nitrogen and oxygen atoms in total. The summed E-state index contributed by atoms with van der Waals surface area (Å²) in [6.07, 6.45) is 5.33. The van der Waals surface area contributed by atoms with Crippen molar-refractivity contribution in [1.82, 2.24) is 9.88 Å². The second kappa shape index (κ2) is 10.9. The Hall–Kier alpha value is -1.78. The Balaban J connectivity index is 1.69. The number of hydrogen-bond donors (Lipinski definition) is 0. The van der Waals surface area contributed by atoms with Gasteiger partial charge in [0.2, 0.25) is 0 Å². The lowest BCUT2D eigenvalue weighted by Gasteiger charge is -2.35. The zero-order valence-electron chi connectivity index (χ0n) is 19.0. The molecule has 0 bridgehead atoms. The third kappa shape index (κ3) is 6.39. The number of carbonyl (C=O) groups excluding carboxylic acids is 1. The molecular weight excluding hydrogens is 466 g/mol. The van der Waals surface area contributed by atoms with Gasteiger partial charge in [0.05, 0.1) is 27.0 Å². The van der Waals surface area contributed by atoms with Crippen molar-refractivity contribution in [2.75, 3.05) is 43.1 Å². The van der Waals surface area contributed by atoms with Crippen LogP contribution in [0, 0.1) is 0 Å². The second-order valence-corrected chi connectivity index (χ2v) is 12.5. The minimum atomic E-state index is -3.43. The number of unbranched alkanes of at least 4 members (excludes halogenated alkanes) is 1. The first kappa shape index (κ1) is 24.9. The number of sulfone groups is 1. The van der Waals surface area contributed by atoms with Gasteiger partial charge in [0.15, 0.2) is 15.0 Å². The fourth-order valence-electron chi connectivity index (χ4n) is 3.32. The Labute approximate surface area is 199 Å². The standard InChI is InChI=1S/C22H31N3O4S3/c1-5-6-13-30-20-15-23-22(31-20)25-11-9-24(10-12-25)21(26)18-14-17(32(4,27)28)7-8-19(18)29-16(2)3/h7-8,14-16H,5-6,9-13H2,1-4H3. The van der Waals surface area contributed by atoms with Crippen LogP contribution in [0.3, 0.4) is 0 Å². The summed E-state index contributed by atoms with van der Waals surface area (Å²) >= 11 is 3.54. The highest BCUT2D eigenvalue weighted by Crippen LogP contribution is 2.32. The molecule has 0 saturated carbocycles. The number of amides is 1. The normalized spacial score (nSPS) is 14.8. The molecule has 0 spiro atoms. The molecule has 1 amide bonds. The number of piperazine rings is 1. The molecule has 0 radical (unpaired) electrons. The maximum absolute atomic E-state index is 13.3. The van der Waals surface area contributed by atoms with Crippen LogP contribution in [0.25, 0.3) is 0 Å². The lowest BCUT2D eigenvalue weighted by Crippen LogP contribution is -2.48. The molecule has 2 aromatic rings. The lowest BCUT2D eigenvalue weighted by molar-refractivity contribution is 0.0740. The molecule has 0 atom stereocenters. The first-order valence-electron chi connectivity index (χ1n) is 10.8. The number of nitrogens with zero attached hydrogens (tertiary/aromatic N) is 3. The van der Waals surface area contributed by atoms with Gasteiger partial charge in [0, 0.05) is 32.4 Å². The van der Waals surface area contributed by atoms with Crippen LogP contribution in [0.4, 0.5) is 5.13 Å². The highest BCUT2D eigenvalue weighted by molar-refractivity contribution is 8.01. The maximum atomic E-state index is 13.3. The van der Waals surface area contributed by atoms with Gasteiger partial charge in [-0.25, -0.2) is 13.4 Å². The highest BCUT2D eigenvalue weighted by Gasteiger charge is 2.27. The molecule has 176 valence electrons. The number of benzene rings is 1. The number of aromatic nitrogens is 1. The fraction of sp³-hybridized carbons (Fsp3) is 0.545. The van der Waals surface area contributed by atoms with E-state index in [0.29, 0.717) is 37.5 Å². The maximum Gasteiger partial charge on any atom is 0.257 e. The van der Waals surface area contributed by atoms with Gasteiger partial charge in [-0.3, -0.25) is 4.79 Å². The largest absolute Gasteiger partial charge is 0.490 e. The highest BCUT2D eigenvalue weighted by atomic mass is 32.2. The molecule has 1 fully saturated rings. The van der Waals surface area contributed by atoms with Crippen LogP contribution in [0.2, 0.25) is 0 Å². The molecular formula is C22H31N3O4S3. The Morgan fingerprint density at radius 1 is 1.25 bits per heavy atom. The third-order valence-corrected chi connectivity index (χ3v) is 8.47. The van der Waals surface area contributed by atoms with Gasteiger partial charge in [-0.2, -0.15) is 0 Å². The summed E-state index contributed by atoms with van der Waals surface area (Å²) in [4.78, 5) is 21.9. The van der Waals surface area contributed by atoms with E-state index in [1.165, 1.54) is 29.2 Å². The lowest BCUT2D eigenvalue weighted by atomic mass is 10.1. The third-order valence-electron chi connectivity index (χ3n) is 5.02. The molecule has 1 saturated heterocycles. The van der Waals surface area contributed by atoms with E-state index < -0.39 is 9.84 Å². The monoisotopic (exact) mass is 497 g/mol. The molecule has 10 heteroatoms. The predicted octanol–water partition coefficient (Wildman–Crippen LogP) is 4.19. The first-order chi connectivity index (χ1) is 15.2. The number of anilines is 1. The Bertz CT molecular complexity index is 1030. The molecule has 2 heterocycles. The number of ether oxygens (including phenoxy) is 1. The number of hydrogen-bond acceptors (Lipinski definition) is 8. The number of rotatable bonds is 9. The van der Waals surface area contributed by atoms with Gasteiger partial charge in [-0.1, -0.05) is 24.7 Å². The van der Waals surface area contributed by atoms with Crippen molar-refractivity contribution in [1.29, 1.82) is 0 Å². The minimum Gasteiger partial charge on any atom is -0.490 e. The van der Waals surface area contributed by atoms with Crippen molar-refractivity contribution in [3.63, 3.8) is 0 Å². The van der Waals surface area contributed by atoms with Crippen molar-refractivity contribution in [2.45, 2.75) is 48.8 Å². The van der Waals surface area contributed by atoms with Gasteiger partial charge >= 0.3 is 0 Å². The summed E-state index contributed by atoms with van der Waals surface area (Å²) in [6, 6.07) is 4.50. The van der Waals surface area contributed by atoms with Crippen LogP contribution in [-0.4, -0.2) is 68.5 Å². The smallest absolute Gasteiger partial charge is 0.257 e. The summed E-state index contributed by atoms with van der Waals surface area (Å²) in [6.45, 7) is 8.40. The Kier molecular flexibility index (Phi) is 8.46. The zero-order chi connectivity index (χ0) is 23.3. The van der Waals surface area contributed by atoms with E-state index >= 15 is 0 Å². The van der Waals surface area contributed by atoms with Gasteiger partial charge < -0.3 is 14.5 Å². The number of thioether (sulfide) groups is 1. The van der Waals surface area contributed by atoms with E-state index in [1.807, 2.05) is 31.8 Å². The molecule has 1 aromatic heterocycles. The van der Waals surface area contributed by atoms with Crippen molar-refractivity contribution in [3.05, 3.63) is 30.0 Å². The van der Waals surface area contributed by atoms with E-state index in [-0.39, 0.29) is 16.9 Å². The van der Waals surface area contributed by atoms with E-state index in [1.54, 1.807) is 22.3 Å². The molecule has 0 N–H and O–H groups in total. The van der Waals surface area contributed by atoms with Gasteiger partial charge in [-0.15, -0.1) is 11.8 Å². The fourth-order valence-corrected chi connectivity index (χ4v) is 6.14. The van der Waals surface area contributed by atoms with Crippen molar-refractivity contribution >= 4 is 44.0 Å². The summed E-state index contributed by atoms with van der Waals surface area (Å²) in [5.41, 5.74) is 0.291. The van der Waals surface area contributed by atoms with Crippen molar-refractivity contribution in [2.24, 2.45) is 0 Å². The molecule has 3 rings (SSSR count). The van der Waals surface area contributed by atoms with E-state index in [4.69, 9.17) is 4.74 Å². The molecule has 1 aliphatic heterocycles. The van der Waals surface area contributed by atoms with Gasteiger partial charge in [0.25, 0.3) is 5.91 Å². The first-order valence-corrected chi connectivity index (χ1v) is 14.5. The van der Waals surface area contributed by atoms with Crippen LogP contribution >= 0.6 is 23.1 Å². The average molecular weight is 498 g/mol. The Morgan fingerprint density at radius 3 is 2.59 bits per heavy atom. The number of carbonyl (C=O) groups is 1. The zero-order valence-corrected chi connectivity index (χ0v) is 21.5. The SMILES string of the molecule is CCCCSc1cnc(N2CCN(C(=O)c3cc(S(C)(=O)=O)ccc3OC(C)C)CC2)s1. The van der Waals surface area contributed by atoms with E-state index in [2.05, 4.69) is 16.8 Å². The number of thiazole rings is 1. The molecule has 32 heavy (non-hydrogen) atoms. The van der Waals surface area contributed by atoms with Crippen LogP contribution in [0.1, 0.15) is 44.0 Å². The van der Waals surface area contributed by atoms with Gasteiger partial charge in [-0.05, 0) is 44.2 Å². The van der Waals surface area contributed by atoms with E-state index in [9.17, 15) is 13.2 Å². The molecule has 0 aliphatic carbocycles. The van der Waals surface area contributed by atoms with Crippen LogP contribution < -0.4 is 9.64 Å². The molecule has 1 aromatic carbocycles. The average Bonchev–Trinajstić information content (AvgIpc) is 3.21. The van der Waals surface area contributed by atoms with E-state index in [0.717, 1.165) is 17.1 Å². The van der Waals surface area contributed by atoms with Crippen molar-refractivity contribution in [3.8, 4) is 5.75 Å². The van der Waals surface area contributed by atoms with Gasteiger partial charge in [0.1, 0.15) is 5.75 Å². The molecule has 0 unspecified atom stereocenters. The van der Waals surface area contributed by atoms with Crippen molar-refractivity contribution < 1.29 is 17.9 Å². The minimum absolute atomic E-state index is 0.117. The molecule has 1 aliphatic rings. The van der Waals surface area contributed by atoms with Crippen LogP contribution in [-0.2, 0) is 9.84 Å². The van der Waals surface area contributed by atoms with Crippen LogP contribution in [0.15, 0.2) is 33.5 Å². The summed E-state index contributed by atoms with van der Waals surface area (Å²) < 4.78 is 31.1. The summed E-state index contributed by atoms with van der Waals surface area (Å²) in [5.74, 6) is 1.31. The second-order valence-electron chi connectivity index (χ2n) is 8.04. The topological polar surface area (TPSA) is 79.8 Å². The Morgan fingerprint density at radius 2 is 1.97 bits per heavy atom. The summed E-state index contributed by atoms with van der Waals surface area (Å²) in [5, 5.41) is 0.985. The quantitative estimate of drug-likeness (QED) is 0.380. The summed E-state index contributed by atoms with van der Waals surface area (Å²) in [7, 11) is -3.43. The van der Waals surface area contributed by atoms with Crippen LogP contribution in [0.5, 0.6) is 5.75 Å². The predicted molar refractivity (Wildman–Crippen MR) is 131 cm³/mol.